The summed E-state index contributed by atoms with van der Waals surface area (Å²) in [5.41, 5.74) is 0.229. The molecule has 0 aliphatic heterocycles. The predicted molar refractivity (Wildman–Crippen MR) is 66.3 cm³/mol. The standard InChI is InChI=1S/C11H11ClO6S/c1-7(13)17-6-9-4-3-5-10(19(12,15)16)11(9)18-8(2)14/h3-5H,6H2,1-2H3. The third-order valence-corrected chi connectivity index (χ3v) is 3.35. The maximum atomic E-state index is 11.4. The number of rotatable bonds is 4. The van der Waals surface area contributed by atoms with Crippen LogP contribution in [0.3, 0.4) is 0 Å². The van der Waals surface area contributed by atoms with Crippen molar-refractivity contribution in [3.05, 3.63) is 23.8 Å². The highest BCUT2D eigenvalue weighted by Gasteiger charge is 2.21. The van der Waals surface area contributed by atoms with Crippen molar-refractivity contribution < 1.29 is 27.5 Å². The van der Waals surface area contributed by atoms with Crippen molar-refractivity contribution in [3.8, 4) is 5.75 Å². The minimum absolute atomic E-state index is 0.224. The van der Waals surface area contributed by atoms with E-state index in [1.54, 1.807) is 0 Å². The number of para-hydroxylation sites is 1. The lowest BCUT2D eigenvalue weighted by molar-refractivity contribution is -0.142. The van der Waals surface area contributed by atoms with E-state index in [0.29, 0.717) is 0 Å². The van der Waals surface area contributed by atoms with E-state index in [9.17, 15) is 18.0 Å². The average molecular weight is 307 g/mol. The second-order valence-corrected chi connectivity index (χ2v) is 6.09. The molecule has 0 spiro atoms. The van der Waals surface area contributed by atoms with Gasteiger partial charge in [0.1, 0.15) is 11.5 Å². The Kier molecular flexibility index (Phi) is 4.90. The van der Waals surface area contributed by atoms with Gasteiger partial charge in [-0.3, -0.25) is 9.59 Å². The van der Waals surface area contributed by atoms with Crippen molar-refractivity contribution in [1.82, 2.24) is 0 Å². The second kappa shape index (κ2) is 6.03. The minimum atomic E-state index is -4.09. The maximum absolute atomic E-state index is 11.4. The van der Waals surface area contributed by atoms with Crippen molar-refractivity contribution in [1.29, 1.82) is 0 Å². The molecule has 104 valence electrons. The number of benzene rings is 1. The molecule has 6 nitrogen and oxygen atoms in total. The number of hydrogen-bond donors (Lipinski definition) is 0. The Morgan fingerprint density at radius 1 is 1.21 bits per heavy atom. The van der Waals surface area contributed by atoms with Crippen LogP contribution < -0.4 is 4.74 Å². The van der Waals surface area contributed by atoms with Gasteiger partial charge in [0.05, 0.1) is 0 Å². The van der Waals surface area contributed by atoms with E-state index < -0.39 is 21.0 Å². The fraction of sp³-hybridized carbons (Fsp3) is 0.273. The predicted octanol–water partition coefficient (Wildman–Crippen LogP) is 1.60. The SMILES string of the molecule is CC(=O)OCc1cccc(S(=O)(=O)Cl)c1OC(C)=O. The van der Waals surface area contributed by atoms with Crippen LogP contribution in [0.5, 0.6) is 5.75 Å². The molecule has 0 heterocycles. The van der Waals surface area contributed by atoms with Crippen LogP contribution in [0.2, 0.25) is 0 Å². The molecular formula is C11H11ClO6S. The molecule has 0 aromatic heterocycles. The lowest BCUT2D eigenvalue weighted by atomic mass is 10.2. The lowest BCUT2D eigenvalue weighted by Gasteiger charge is -2.12. The van der Waals surface area contributed by atoms with Crippen LogP contribution >= 0.6 is 10.7 Å². The van der Waals surface area contributed by atoms with E-state index in [2.05, 4.69) is 0 Å². The Hall–Kier alpha value is -1.60. The third kappa shape index (κ3) is 4.53. The Morgan fingerprint density at radius 2 is 1.84 bits per heavy atom. The smallest absolute Gasteiger partial charge is 0.308 e. The first-order valence-electron chi connectivity index (χ1n) is 5.10. The highest BCUT2D eigenvalue weighted by atomic mass is 35.7. The van der Waals surface area contributed by atoms with Crippen molar-refractivity contribution >= 4 is 31.7 Å². The van der Waals surface area contributed by atoms with E-state index in [1.807, 2.05) is 0 Å². The summed E-state index contributed by atoms with van der Waals surface area (Å²) in [5.74, 6) is -1.49. The Labute approximate surface area is 114 Å². The zero-order chi connectivity index (χ0) is 14.6. The lowest BCUT2D eigenvalue weighted by Crippen LogP contribution is -2.09. The fourth-order valence-corrected chi connectivity index (χ4v) is 2.31. The van der Waals surface area contributed by atoms with Gasteiger partial charge in [0.15, 0.2) is 5.75 Å². The number of ether oxygens (including phenoxy) is 2. The molecule has 0 saturated carbocycles. The van der Waals surface area contributed by atoms with Crippen molar-refractivity contribution in [2.24, 2.45) is 0 Å². The quantitative estimate of drug-likeness (QED) is 0.477. The van der Waals surface area contributed by atoms with Crippen LogP contribution in [-0.2, 0) is 30.0 Å². The Morgan fingerprint density at radius 3 is 2.32 bits per heavy atom. The first kappa shape index (κ1) is 15.5. The topological polar surface area (TPSA) is 86.7 Å². The third-order valence-electron chi connectivity index (χ3n) is 2.00. The zero-order valence-electron chi connectivity index (χ0n) is 10.2. The van der Waals surface area contributed by atoms with Crippen LogP contribution in [0.25, 0.3) is 0 Å². The van der Waals surface area contributed by atoms with E-state index in [4.69, 9.17) is 20.2 Å². The van der Waals surface area contributed by atoms with Gasteiger partial charge in [0.25, 0.3) is 9.05 Å². The van der Waals surface area contributed by atoms with Crippen LogP contribution in [0.15, 0.2) is 23.1 Å². The van der Waals surface area contributed by atoms with Gasteiger partial charge in [0, 0.05) is 30.1 Å². The number of carbonyl (C=O) groups is 2. The summed E-state index contributed by atoms with van der Waals surface area (Å²) in [6.07, 6.45) is 0. The van der Waals surface area contributed by atoms with Crippen molar-refractivity contribution in [2.45, 2.75) is 25.3 Å². The molecule has 0 N–H and O–H groups in total. The number of esters is 2. The molecule has 8 heteroatoms. The summed E-state index contributed by atoms with van der Waals surface area (Å²) in [5, 5.41) is 0. The first-order chi connectivity index (χ1) is 8.71. The van der Waals surface area contributed by atoms with Gasteiger partial charge in [-0.15, -0.1) is 0 Å². The number of hydrogen-bond acceptors (Lipinski definition) is 6. The van der Waals surface area contributed by atoms with Crippen molar-refractivity contribution in [2.75, 3.05) is 0 Å². The van der Waals surface area contributed by atoms with Crippen LogP contribution in [-0.4, -0.2) is 20.4 Å². The molecule has 0 aliphatic rings. The molecule has 1 aromatic carbocycles. The molecule has 0 unspecified atom stereocenters. The summed E-state index contributed by atoms with van der Waals surface area (Å²) in [4.78, 5) is 21.4. The van der Waals surface area contributed by atoms with Crippen LogP contribution in [0.1, 0.15) is 19.4 Å². The highest BCUT2D eigenvalue weighted by molar-refractivity contribution is 8.13. The van der Waals surface area contributed by atoms with Crippen LogP contribution in [0.4, 0.5) is 0 Å². The summed E-state index contributed by atoms with van der Waals surface area (Å²) < 4.78 is 32.4. The molecule has 0 fully saturated rings. The molecule has 0 aliphatic carbocycles. The molecule has 0 radical (unpaired) electrons. The van der Waals surface area contributed by atoms with Gasteiger partial charge in [-0.2, -0.15) is 0 Å². The average Bonchev–Trinajstić information content (AvgIpc) is 2.25. The van der Waals surface area contributed by atoms with Gasteiger partial charge < -0.3 is 9.47 Å². The fourth-order valence-electron chi connectivity index (χ4n) is 1.31. The van der Waals surface area contributed by atoms with Crippen molar-refractivity contribution in [3.63, 3.8) is 0 Å². The molecule has 0 atom stereocenters. The van der Waals surface area contributed by atoms with E-state index in [0.717, 1.165) is 6.92 Å². The Balaban J connectivity index is 3.30. The van der Waals surface area contributed by atoms with Gasteiger partial charge in [-0.25, -0.2) is 8.42 Å². The van der Waals surface area contributed by atoms with E-state index >= 15 is 0 Å². The van der Waals surface area contributed by atoms with E-state index in [-0.39, 0.29) is 22.8 Å². The number of carbonyl (C=O) groups excluding carboxylic acids is 2. The number of halogens is 1. The summed E-state index contributed by atoms with van der Waals surface area (Å²) in [6.45, 7) is 2.10. The first-order valence-corrected chi connectivity index (χ1v) is 7.41. The molecule has 0 bridgehead atoms. The molecular weight excluding hydrogens is 296 g/mol. The minimum Gasteiger partial charge on any atom is -0.461 e. The molecule has 1 aromatic rings. The highest BCUT2D eigenvalue weighted by Crippen LogP contribution is 2.31. The molecule has 1 rings (SSSR count). The summed E-state index contributed by atoms with van der Waals surface area (Å²) in [7, 11) is 1.17. The molecule has 19 heavy (non-hydrogen) atoms. The largest absolute Gasteiger partial charge is 0.461 e. The zero-order valence-corrected chi connectivity index (χ0v) is 11.7. The second-order valence-electron chi connectivity index (χ2n) is 3.56. The van der Waals surface area contributed by atoms with Gasteiger partial charge in [0.2, 0.25) is 0 Å². The maximum Gasteiger partial charge on any atom is 0.308 e. The summed E-state index contributed by atoms with van der Waals surface area (Å²) >= 11 is 0. The Bertz CT molecular complexity index is 608. The molecule has 0 amide bonds. The monoisotopic (exact) mass is 306 g/mol. The summed E-state index contributed by atoms with van der Waals surface area (Å²) in [6, 6.07) is 4.06. The van der Waals surface area contributed by atoms with E-state index in [1.165, 1.54) is 25.1 Å². The van der Waals surface area contributed by atoms with Gasteiger partial charge in [-0.1, -0.05) is 12.1 Å². The normalized spacial score (nSPS) is 10.9. The van der Waals surface area contributed by atoms with Crippen LogP contribution in [0, 0.1) is 0 Å². The van der Waals surface area contributed by atoms with Gasteiger partial charge in [-0.05, 0) is 6.07 Å². The molecule has 0 saturated heterocycles. The van der Waals surface area contributed by atoms with Gasteiger partial charge >= 0.3 is 11.9 Å².